The number of anilines is 1. The third-order valence-corrected chi connectivity index (χ3v) is 8.56. The number of benzene rings is 2. The van der Waals surface area contributed by atoms with Crippen molar-refractivity contribution in [3.63, 3.8) is 0 Å². The first kappa shape index (κ1) is 27.6. The maximum atomic E-state index is 13.3. The van der Waals surface area contributed by atoms with Crippen molar-refractivity contribution >= 4 is 33.3 Å². The van der Waals surface area contributed by atoms with Crippen molar-refractivity contribution < 1.29 is 19.0 Å². The smallest absolute Gasteiger partial charge is 0.319 e. The number of nitrogens with zero attached hydrogens (tertiary/aromatic N) is 4. The summed E-state index contributed by atoms with van der Waals surface area (Å²) >= 11 is 1.70. The molecule has 9 heteroatoms. The molecule has 2 saturated heterocycles. The first-order valence-corrected chi connectivity index (χ1v) is 15.1. The zero-order valence-corrected chi connectivity index (χ0v) is 24.7. The summed E-state index contributed by atoms with van der Waals surface area (Å²) in [6, 6.07) is 20.7. The van der Waals surface area contributed by atoms with Gasteiger partial charge in [0.05, 0.1) is 12.0 Å². The monoisotopic (exact) mass is 572 g/mol. The van der Waals surface area contributed by atoms with Gasteiger partial charge in [-0.15, -0.1) is 11.3 Å². The van der Waals surface area contributed by atoms with Gasteiger partial charge in [0, 0.05) is 36.6 Å². The van der Waals surface area contributed by atoms with E-state index in [9.17, 15) is 4.79 Å². The van der Waals surface area contributed by atoms with Crippen LogP contribution in [0.5, 0.6) is 6.01 Å². The lowest BCUT2D eigenvalue weighted by Crippen LogP contribution is -2.49. The van der Waals surface area contributed by atoms with Crippen LogP contribution in [0.2, 0.25) is 0 Å². The second-order valence-corrected chi connectivity index (χ2v) is 12.1. The number of fused-ring (bicyclic) bond motifs is 1. The highest BCUT2D eigenvalue weighted by Crippen LogP contribution is 2.34. The third kappa shape index (κ3) is 6.22. The van der Waals surface area contributed by atoms with Crippen LogP contribution in [0.15, 0.2) is 60.7 Å². The topological polar surface area (TPSA) is 77.0 Å². The Hall–Kier alpha value is -3.53. The molecular weight excluding hydrogens is 536 g/mol. The van der Waals surface area contributed by atoms with Gasteiger partial charge in [0.15, 0.2) is 5.79 Å². The molecule has 0 spiro atoms. The highest BCUT2D eigenvalue weighted by Gasteiger charge is 2.33. The Morgan fingerprint density at radius 2 is 1.76 bits per heavy atom. The summed E-state index contributed by atoms with van der Waals surface area (Å²) in [7, 11) is 0. The maximum Gasteiger partial charge on any atom is 0.319 e. The lowest BCUT2D eigenvalue weighted by atomic mass is 10.0. The number of aryl methyl sites for hydroxylation is 1. The van der Waals surface area contributed by atoms with E-state index in [-0.39, 0.29) is 12.0 Å². The van der Waals surface area contributed by atoms with Gasteiger partial charge >= 0.3 is 6.01 Å². The Bertz CT molecular complexity index is 1500. The molecule has 1 atom stereocenters. The predicted molar refractivity (Wildman–Crippen MR) is 162 cm³/mol. The summed E-state index contributed by atoms with van der Waals surface area (Å²) in [6.45, 7) is 9.40. The van der Waals surface area contributed by atoms with E-state index in [2.05, 4.69) is 30.0 Å². The molecule has 2 aliphatic rings. The summed E-state index contributed by atoms with van der Waals surface area (Å²) in [4.78, 5) is 29.3. The van der Waals surface area contributed by atoms with Crippen molar-refractivity contribution in [2.24, 2.45) is 0 Å². The van der Waals surface area contributed by atoms with Gasteiger partial charge in [0.25, 0.3) is 5.91 Å². The standard InChI is InChI=1S/C32H36N4O4S/c1-4-8-26-19-27-28(33-31(34-29(27)41-26)38-20-25-21-39-32(2,3)40-25)35-15-17-36(18-16-35)30(37)24-13-11-23(12-14-24)22-9-6-5-7-10-22/h5-7,9-14,19,25H,4,8,15-18,20-21H2,1-3H3/t25-/m0/s1. The molecule has 2 aliphatic heterocycles. The molecule has 0 N–H and O–H groups in total. The number of aromatic nitrogens is 2. The Balaban J connectivity index is 1.15. The van der Waals surface area contributed by atoms with Crippen LogP contribution >= 0.6 is 11.3 Å². The fourth-order valence-corrected chi connectivity index (χ4v) is 6.48. The molecule has 6 rings (SSSR count). The lowest BCUT2D eigenvalue weighted by molar-refractivity contribution is -0.141. The molecule has 0 radical (unpaired) electrons. The number of carbonyl (C=O) groups excluding carboxylic acids is 1. The van der Waals surface area contributed by atoms with E-state index in [0.717, 1.165) is 40.0 Å². The molecule has 0 aliphatic carbocycles. The highest BCUT2D eigenvalue weighted by molar-refractivity contribution is 7.18. The van der Waals surface area contributed by atoms with Crippen LogP contribution in [0.3, 0.4) is 0 Å². The molecular formula is C32H36N4O4S. The van der Waals surface area contributed by atoms with Crippen LogP contribution in [0.25, 0.3) is 21.3 Å². The minimum atomic E-state index is -0.603. The van der Waals surface area contributed by atoms with Crippen LogP contribution in [-0.2, 0) is 15.9 Å². The Kier molecular flexibility index (Phi) is 7.92. The minimum absolute atomic E-state index is 0.0589. The van der Waals surface area contributed by atoms with Gasteiger partial charge in [-0.05, 0) is 49.6 Å². The molecule has 1 amide bonds. The summed E-state index contributed by atoms with van der Waals surface area (Å²) in [6.07, 6.45) is 1.91. The van der Waals surface area contributed by atoms with Crippen molar-refractivity contribution in [1.82, 2.24) is 14.9 Å². The number of piperazine rings is 1. The van der Waals surface area contributed by atoms with E-state index in [1.54, 1.807) is 11.3 Å². The zero-order valence-electron chi connectivity index (χ0n) is 23.8. The minimum Gasteiger partial charge on any atom is -0.461 e. The van der Waals surface area contributed by atoms with Gasteiger partial charge in [0.1, 0.15) is 23.4 Å². The Morgan fingerprint density at radius 3 is 2.44 bits per heavy atom. The largest absolute Gasteiger partial charge is 0.461 e. The number of carbonyl (C=O) groups is 1. The van der Waals surface area contributed by atoms with Crippen LogP contribution in [0.1, 0.15) is 42.4 Å². The number of thiophene rings is 1. The number of ether oxygens (including phenoxy) is 3. The first-order valence-electron chi connectivity index (χ1n) is 14.3. The number of hydrogen-bond donors (Lipinski definition) is 0. The van der Waals surface area contributed by atoms with Gasteiger partial charge in [-0.2, -0.15) is 9.97 Å². The van der Waals surface area contributed by atoms with E-state index in [4.69, 9.17) is 24.2 Å². The van der Waals surface area contributed by atoms with Crippen molar-refractivity contribution in [2.75, 3.05) is 44.3 Å². The second-order valence-electron chi connectivity index (χ2n) is 11.0. The fourth-order valence-electron chi connectivity index (χ4n) is 5.36. The maximum absolute atomic E-state index is 13.3. The fraction of sp³-hybridized carbons (Fsp3) is 0.406. The molecule has 8 nitrogen and oxygen atoms in total. The van der Waals surface area contributed by atoms with Crippen molar-refractivity contribution in [2.45, 2.75) is 45.5 Å². The van der Waals surface area contributed by atoms with Crippen LogP contribution in [0.4, 0.5) is 5.82 Å². The molecule has 0 bridgehead atoms. The van der Waals surface area contributed by atoms with Crippen LogP contribution in [-0.4, -0.2) is 72.1 Å². The number of amides is 1. The summed E-state index contributed by atoms with van der Waals surface area (Å²) in [5.41, 5.74) is 2.95. The van der Waals surface area contributed by atoms with Crippen molar-refractivity contribution in [3.05, 3.63) is 71.1 Å². The zero-order chi connectivity index (χ0) is 28.4. The van der Waals surface area contributed by atoms with Gasteiger partial charge in [-0.1, -0.05) is 55.8 Å². The second kappa shape index (κ2) is 11.8. The van der Waals surface area contributed by atoms with Gasteiger partial charge in [-0.25, -0.2) is 0 Å². The van der Waals surface area contributed by atoms with Crippen LogP contribution < -0.4 is 9.64 Å². The molecule has 4 heterocycles. The predicted octanol–water partition coefficient (Wildman–Crippen LogP) is 5.80. The van der Waals surface area contributed by atoms with Gasteiger partial charge in [-0.3, -0.25) is 4.79 Å². The number of rotatable bonds is 8. The molecule has 2 aromatic heterocycles. The van der Waals surface area contributed by atoms with E-state index in [1.165, 1.54) is 4.88 Å². The molecule has 214 valence electrons. The number of hydrogen-bond acceptors (Lipinski definition) is 8. The lowest BCUT2D eigenvalue weighted by Gasteiger charge is -2.35. The molecule has 0 saturated carbocycles. The normalized spacial score (nSPS) is 18.7. The van der Waals surface area contributed by atoms with E-state index in [0.29, 0.717) is 51.0 Å². The van der Waals surface area contributed by atoms with Crippen molar-refractivity contribution in [3.8, 4) is 17.1 Å². The van der Waals surface area contributed by atoms with Gasteiger partial charge in [0.2, 0.25) is 0 Å². The molecule has 41 heavy (non-hydrogen) atoms. The third-order valence-electron chi connectivity index (χ3n) is 7.47. The van der Waals surface area contributed by atoms with E-state index < -0.39 is 5.79 Å². The van der Waals surface area contributed by atoms with Crippen LogP contribution in [0, 0.1) is 0 Å². The summed E-state index contributed by atoms with van der Waals surface area (Å²) in [5, 5.41) is 1.05. The summed E-state index contributed by atoms with van der Waals surface area (Å²) in [5.74, 6) is 0.323. The van der Waals surface area contributed by atoms with E-state index >= 15 is 0 Å². The quantitative estimate of drug-likeness (QED) is 0.264. The Morgan fingerprint density at radius 1 is 1.02 bits per heavy atom. The average molecular weight is 573 g/mol. The Labute approximate surface area is 244 Å². The SMILES string of the molecule is CCCc1cc2c(N3CCN(C(=O)c4ccc(-c5ccccc5)cc4)CC3)nc(OC[C@H]3COC(C)(C)O3)nc2s1. The molecule has 2 fully saturated rings. The molecule has 2 aromatic carbocycles. The average Bonchev–Trinajstić information content (AvgIpc) is 3.57. The summed E-state index contributed by atoms with van der Waals surface area (Å²) < 4.78 is 17.6. The van der Waals surface area contributed by atoms with Gasteiger partial charge < -0.3 is 24.0 Å². The highest BCUT2D eigenvalue weighted by atomic mass is 32.1. The van der Waals surface area contributed by atoms with E-state index in [1.807, 2.05) is 61.2 Å². The molecule has 0 unspecified atom stereocenters. The van der Waals surface area contributed by atoms with Crippen molar-refractivity contribution in [1.29, 1.82) is 0 Å². The molecule has 4 aromatic rings. The first-order chi connectivity index (χ1) is 19.9.